The molecule has 0 saturated heterocycles. The van der Waals surface area contributed by atoms with Crippen LogP contribution in [0.5, 0.6) is 0 Å². The molecule has 0 aliphatic heterocycles. The second kappa shape index (κ2) is 11.3. The molecule has 0 saturated carbocycles. The van der Waals surface area contributed by atoms with Gasteiger partial charge in [0.1, 0.15) is 0 Å². The first-order valence-corrected chi connectivity index (χ1v) is 2.14. The number of halogens is 2. The van der Waals surface area contributed by atoms with Gasteiger partial charge in [0.25, 0.3) is 0 Å². The molecule has 0 heterocycles. The molecular formula is C2H4BF2LiO7. The Hall–Kier alpha value is -0.658. The zero-order valence-electron chi connectivity index (χ0n) is 7.31. The number of hydrogen-bond donors (Lipinski definition) is 3. The summed E-state index contributed by atoms with van der Waals surface area (Å²) in [5.74, 6) is -3.65. The molecule has 0 bridgehead atoms. The fraction of sp³-hybridized carbons (Fsp3) is 0. The summed E-state index contributed by atoms with van der Waals surface area (Å²) < 4.78 is 20.5. The molecule has 0 amide bonds. The molecule has 0 aromatic rings. The standard InChI is InChI=1S/C2H2O4.BF2HO3.Li.H/c3-1(4)2(5)6;2-5-1(4)6-3;;/h(H,3,4)(H,5,6);4H;;/q;;+1;-1. The van der Waals surface area contributed by atoms with Gasteiger partial charge in [-0.15, -0.1) is 0 Å². The van der Waals surface area contributed by atoms with Gasteiger partial charge in [-0.1, -0.05) is 9.05 Å². The minimum absolute atomic E-state index is 0. The van der Waals surface area contributed by atoms with Crippen molar-refractivity contribution in [2.75, 3.05) is 0 Å². The number of carbonyl (C=O) groups is 2. The van der Waals surface area contributed by atoms with E-state index in [2.05, 4.69) is 9.72 Å². The van der Waals surface area contributed by atoms with Crippen LogP contribution in [-0.4, -0.2) is 34.5 Å². The molecule has 0 radical (unpaired) electrons. The summed E-state index contributed by atoms with van der Waals surface area (Å²) in [4.78, 5) is 22.9. The van der Waals surface area contributed by atoms with Gasteiger partial charge in [0, 0.05) is 0 Å². The van der Waals surface area contributed by atoms with Crippen molar-refractivity contribution in [3.8, 4) is 0 Å². The Morgan fingerprint density at radius 1 is 1.15 bits per heavy atom. The monoisotopic (exact) mass is 196 g/mol. The molecule has 7 nitrogen and oxygen atoms in total. The number of carboxylic acids is 2. The van der Waals surface area contributed by atoms with Gasteiger partial charge in [0.15, 0.2) is 0 Å². The second-order valence-electron chi connectivity index (χ2n) is 1.10. The zero-order valence-corrected chi connectivity index (χ0v) is 6.31. The van der Waals surface area contributed by atoms with Crippen LogP contribution in [0.25, 0.3) is 0 Å². The van der Waals surface area contributed by atoms with Crippen molar-refractivity contribution >= 4 is 19.3 Å². The van der Waals surface area contributed by atoms with Crippen LogP contribution in [0.1, 0.15) is 1.43 Å². The Morgan fingerprint density at radius 3 is 1.38 bits per heavy atom. The molecule has 72 valence electrons. The maximum absolute atomic E-state index is 10.3. The SMILES string of the molecule is O=C(O)C(=O)O.OB(OF)OF.[H-].[Li+]. The molecule has 0 aromatic carbocycles. The van der Waals surface area contributed by atoms with E-state index in [1.165, 1.54) is 0 Å². The molecule has 0 aromatic heterocycles. The fourth-order valence-corrected chi connectivity index (χ4v) is 0.0137. The first-order chi connectivity index (χ1) is 5.45. The molecular weight excluding hydrogens is 192 g/mol. The molecule has 11 heteroatoms. The first-order valence-electron chi connectivity index (χ1n) is 2.14. The van der Waals surface area contributed by atoms with Crippen molar-refractivity contribution in [3.05, 3.63) is 0 Å². The van der Waals surface area contributed by atoms with Crippen LogP contribution >= 0.6 is 0 Å². The smallest absolute Gasteiger partial charge is 1.00 e. The molecule has 0 rings (SSSR count). The Labute approximate surface area is 83.9 Å². The molecule has 0 fully saturated rings. The quantitative estimate of drug-likeness (QED) is 0.305. The van der Waals surface area contributed by atoms with Crippen LogP contribution < -0.4 is 18.9 Å². The predicted octanol–water partition coefficient (Wildman–Crippen LogP) is -3.96. The van der Waals surface area contributed by atoms with Gasteiger partial charge in [0.2, 0.25) is 0 Å². The number of carboxylic acid groups (broad SMARTS) is 2. The zero-order chi connectivity index (χ0) is 10.1. The third-order valence-corrected chi connectivity index (χ3v) is 0.335. The Bertz CT molecular complexity index is 145. The summed E-state index contributed by atoms with van der Waals surface area (Å²) in [6.07, 6.45) is 0. The van der Waals surface area contributed by atoms with Crippen molar-refractivity contribution < 1.29 is 63.9 Å². The normalized spacial score (nSPS) is 7.31. The van der Waals surface area contributed by atoms with Crippen molar-refractivity contribution in [2.45, 2.75) is 0 Å². The van der Waals surface area contributed by atoms with E-state index < -0.39 is 19.3 Å². The minimum atomic E-state index is -2.40. The molecule has 0 atom stereocenters. The van der Waals surface area contributed by atoms with E-state index in [-0.39, 0.29) is 20.3 Å². The molecule has 0 aliphatic carbocycles. The van der Waals surface area contributed by atoms with Crippen molar-refractivity contribution in [3.63, 3.8) is 0 Å². The number of hydrogen-bond acceptors (Lipinski definition) is 5. The van der Waals surface area contributed by atoms with Crippen molar-refractivity contribution in [1.29, 1.82) is 0 Å². The summed E-state index contributed by atoms with van der Waals surface area (Å²) in [6.45, 7) is 0. The van der Waals surface area contributed by atoms with Gasteiger partial charge in [-0.2, -0.15) is 9.72 Å². The topological polar surface area (TPSA) is 113 Å². The van der Waals surface area contributed by atoms with Crippen LogP contribution in [-0.2, 0) is 19.3 Å². The van der Waals surface area contributed by atoms with Crippen LogP contribution in [0.3, 0.4) is 0 Å². The van der Waals surface area contributed by atoms with E-state index in [0.29, 0.717) is 0 Å². The van der Waals surface area contributed by atoms with E-state index in [1.807, 2.05) is 0 Å². The van der Waals surface area contributed by atoms with E-state index in [0.717, 1.165) is 0 Å². The van der Waals surface area contributed by atoms with Gasteiger partial charge in [-0.3, -0.25) is 0 Å². The summed E-state index contributed by atoms with van der Waals surface area (Å²) in [5, 5.41) is 22.3. The van der Waals surface area contributed by atoms with Crippen LogP contribution in [0.4, 0.5) is 9.05 Å². The minimum Gasteiger partial charge on any atom is -1.00 e. The van der Waals surface area contributed by atoms with Gasteiger partial charge in [-0.05, 0) is 0 Å². The predicted molar refractivity (Wildman–Crippen MR) is 28.7 cm³/mol. The van der Waals surface area contributed by atoms with Crippen LogP contribution in [0, 0.1) is 0 Å². The number of aliphatic carboxylic acids is 2. The van der Waals surface area contributed by atoms with Crippen molar-refractivity contribution in [2.24, 2.45) is 0 Å². The molecule has 0 spiro atoms. The van der Waals surface area contributed by atoms with E-state index >= 15 is 0 Å². The summed E-state index contributed by atoms with van der Waals surface area (Å²) >= 11 is 0. The Kier molecular flexibility index (Phi) is 15.9. The fourth-order valence-electron chi connectivity index (χ4n) is 0.0137. The molecule has 13 heavy (non-hydrogen) atoms. The summed E-state index contributed by atoms with van der Waals surface area (Å²) in [6, 6.07) is 0. The maximum Gasteiger partial charge on any atom is 1.00 e. The van der Waals surface area contributed by atoms with E-state index in [9.17, 15) is 9.05 Å². The molecule has 0 aliphatic rings. The van der Waals surface area contributed by atoms with E-state index in [4.69, 9.17) is 24.8 Å². The Morgan fingerprint density at radius 2 is 1.38 bits per heavy atom. The maximum atomic E-state index is 10.3. The first kappa shape index (κ1) is 18.2. The summed E-state index contributed by atoms with van der Waals surface area (Å²) in [5.41, 5.74) is 0. The van der Waals surface area contributed by atoms with Gasteiger partial charge in [-0.25, -0.2) is 9.59 Å². The number of rotatable bonds is 2. The van der Waals surface area contributed by atoms with Gasteiger partial charge >= 0.3 is 38.1 Å². The van der Waals surface area contributed by atoms with Gasteiger partial charge in [0.05, 0.1) is 0 Å². The van der Waals surface area contributed by atoms with Crippen molar-refractivity contribution in [1.82, 2.24) is 0 Å². The molecule has 3 N–H and O–H groups in total. The summed E-state index contributed by atoms with van der Waals surface area (Å²) in [7, 11) is -2.40. The van der Waals surface area contributed by atoms with Gasteiger partial charge < -0.3 is 16.7 Å². The largest absolute Gasteiger partial charge is 1.00 e. The molecule has 0 unspecified atom stereocenters. The van der Waals surface area contributed by atoms with E-state index in [1.54, 1.807) is 0 Å². The average molecular weight is 196 g/mol. The van der Waals surface area contributed by atoms with Crippen LogP contribution in [0.15, 0.2) is 0 Å². The third-order valence-electron chi connectivity index (χ3n) is 0.335. The Balaban J connectivity index is -0.0000000625. The third kappa shape index (κ3) is 18.4. The average Bonchev–Trinajstić information content (AvgIpc) is 2.04. The van der Waals surface area contributed by atoms with Crippen LogP contribution in [0.2, 0.25) is 0 Å². The second-order valence-corrected chi connectivity index (χ2v) is 1.10.